The van der Waals surface area contributed by atoms with Gasteiger partial charge in [-0.15, -0.1) is 0 Å². The van der Waals surface area contributed by atoms with Gasteiger partial charge < -0.3 is 10.4 Å². The van der Waals surface area contributed by atoms with Crippen LogP contribution in [0, 0.1) is 12.8 Å². The van der Waals surface area contributed by atoms with Gasteiger partial charge >= 0.3 is 0 Å². The fourth-order valence-electron chi connectivity index (χ4n) is 2.77. The van der Waals surface area contributed by atoms with Gasteiger partial charge in [0.2, 0.25) is 5.88 Å². The van der Waals surface area contributed by atoms with Crippen molar-refractivity contribution in [3.8, 4) is 5.88 Å². The number of aryl methyl sites for hydroxylation is 1. The number of carbonyl (C=O) groups excluding carboxylic acids is 1. The number of hydrogen-bond donors (Lipinski definition) is 2. The lowest BCUT2D eigenvalue weighted by molar-refractivity contribution is 0.103. The minimum absolute atomic E-state index is 0.0887. The Bertz CT molecular complexity index is 943. The van der Waals surface area contributed by atoms with E-state index in [2.05, 4.69) is 10.4 Å². The molecular formula is C17H21N3O4S. The number of hydrogen-bond acceptors (Lipinski definition) is 6. The maximum Gasteiger partial charge on any atom is 0.220 e. The highest BCUT2D eigenvalue weighted by molar-refractivity contribution is 7.90. The molecule has 0 amide bonds. The number of carbonyl (C=O) groups is 1. The van der Waals surface area contributed by atoms with Crippen LogP contribution < -0.4 is 5.32 Å². The summed E-state index contributed by atoms with van der Waals surface area (Å²) < 4.78 is 25.4. The molecule has 0 bridgehead atoms. The molecular weight excluding hydrogens is 342 g/mol. The molecule has 25 heavy (non-hydrogen) atoms. The largest absolute Gasteiger partial charge is 0.493 e. The first-order valence-corrected chi connectivity index (χ1v) is 9.92. The summed E-state index contributed by atoms with van der Waals surface area (Å²) in [5, 5.41) is 17.0. The third-order valence-corrected chi connectivity index (χ3v) is 5.63. The average Bonchev–Trinajstić information content (AvgIpc) is 3.30. The second kappa shape index (κ2) is 6.18. The summed E-state index contributed by atoms with van der Waals surface area (Å²) in [6.07, 6.45) is 4.71. The van der Waals surface area contributed by atoms with E-state index in [1.54, 1.807) is 6.92 Å². The number of nitrogens with zero attached hydrogens (tertiary/aromatic N) is 2. The maximum absolute atomic E-state index is 12.8. The van der Waals surface area contributed by atoms with E-state index >= 15 is 0 Å². The molecule has 2 N–H and O–H groups in total. The fraction of sp³-hybridized carbons (Fsp3) is 0.412. The minimum atomic E-state index is -3.43. The SMILES string of the molecule is Cc1c(C(=O)c2cnn(C)c2O)ccc(S(C)(=O)=O)c1NCC1CC1. The average molecular weight is 363 g/mol. The Labute approximate surface area is 146 Å². The normalized spacial score (nSPS) is 14.5. The highest BCUT2D eigenvalue weighted by atomic mass is 32.2. The summed E-state index contributed by atoms with van der Waals surface area (Å²) in [6.45, 7) is 2.39. The van der Waals surface area contributed by atoms with Gasteiger partial charge in [-0.3, -0.25) is 4.79 Å². The van der Waals surface area contributed by atoms with Crippen LogP contribution in [0.3, 0.4) is 0 Å². The van der Waals surface area contributed by atoms with Crippen molar-refractivity contribution in [2.24, 2.45) is 13.0 Å². The quantitative estimate of drug-likeness (QED) is 0.760. The number of aromatic nitrogens is 2. The van der Waals surface area contributed by atoms with Gasteiger partial charge in [0.1, 0.15) is 5.56 Å². The molecule has 8 heteroatoms. The van der Waals surface area contributed by atoms with E-state index in [1.165, 1.54) is 30.1 Å². The standard InChI is InChI=1S/C17H21N3O4S/c1-10-12(16(21)13-9-19-20(2)17(13)22)6-7-14(25(3,23)24)15(10)18-8-11-4-5-11/h6-7,9,11,18,22H,4-5,8H2,1-3H3. The van der Waals surface area contributed by atoms with Crippen LogP contribution in [0.15, 0.2) is 23.2 Å². The van der Waals surface area contributed by atoms with E-state index in [0.717, 1.165) is 19.1 Å². The van der Waals surface area contributed by atoms with Crippen LogP contribution in [0.25, 0.3) is 0 Å². The molecule has 2 aromatic rings. The van der Waals surface area contributed by atoms with Crippen LogP contribution in [0.2, 0.25) is 0 Å². The smallest absolute Gasteiger partial charge is 0.220 e. The first-order chi connectivity index (χ1) is 11.7. The van der Waals surface area contributed by atoms with Crippen molar-refractivity contribution in [1.29, 1.82) is 0 Å². The van der Waals surface area contributed by atoms with Crippen molar-refractivity contribution in [3.05, 3.63) is 35.0 Å². The predicted octanol–water partition coefficient (Wildman–Crippen LogP) is 1.89. The molecule has 1 heterocycles. The molecule has 1 fully saturated rings. The molecule has 7 nitrogen and oxygen atoms in total. The summed E-state index contributed by atoms with van der Waals surface area (Å²) in [5.74, 6) is -0.0600. The fourth-order valence-corrected chi connectivity index (χ4v) is 3.68. The molecule has 1 saturated carbocycles. The van der Waals surface area contributed by atoms with Gasteiger partial charge in [0, 0.05) is 25.4 Å². The van der Waals surface area contributed by atoms with Gasteiger partial charge in [-0.2, -0.15) is 5.10 Å². The van der Waals surface area contributed by atoms with Gasteiger partial charge in [0.25, 0.3) is 0 Å². The molecule has 0 unspecified atom stereocenters. The van der Waals surface area contributed by atoms with Crippen LogP contribution in [0.4, 0.5) is 5.69 Å². The number of nitrogens with one attached hydrogen (secondary N) is 1. The zero-order valence-corrected chi connectivity index (χ0v) is 15.2. The van der Waals surface area contributed by atoms with E-state index in [1.807, 2.05) is 0 Å². The molecule has 0 radical (unpaired) electrons. The van der Waals surface area contributed by atoms with E-state index in [9.17, 15) is 18.3 Å². The summed E-state index contributed by atoms with van der Waals surface area (Å²) in [6, 6.07) is 2.93. The summed E-state index contributed by atoms with van der Waals surface area (Å²) in [7, 11) is -1.90. The molecule has 0 saturated heterocycles. The third-order valence-electron chi connectivity index (χ3n) is 4.49. The van der Waals surface area contributed by atoms with Crippen LogP contribution in [0.5, 0.6) is 5.88 Å². The molecule has 1 aromatic heterocycles. The van der Waals surface area contributed by atoms with E-state index in [4.69, 9.17) is 0 Å². The number of ketones is 1. The van der Waals surface area contributed by atoms with Crippen molar-refractivity contribution in [2.75, 3.05) is 18.1 Å². The molecule has 134 valence electrons. The lowest BCUT2D eigenvalue weighted by Gasteiger charge is -2.16. The highest BCUT2D eigenvalue weighted by Crippen LogP contribution is 2.34. The molecule has 1 aromatic carbocycles. The molecule has 0 spiro atoms. The van der Waals surface area contributed by atoms with Gasteiger partial charge in [-0.25, -0.2) is 13.1 Å². The van der Waals surface area contributed by atoms with Crippen LogP contribution in [-0.2, 0) is 16.9 Å². The van der Waals surface area contributed by atoms with Crippen molar-refractivity contribution < 1.29 is 18.3 Å². The zero-order valence-electron chi connectivity index (χ0n) is 14.4. The number of sulfone groups is 1. The van der Waals surface area contributed by atoms with Crippen LogP contribution >= 0.6 is 0 Å². The molecule has 0 atom stereocenters. The second-order valence-corrected chi connectivity index (χ2v) is 8.53. The van der Waals surface area contributed by atoms with Gasteiger partial charge in [0.05, 0.1) is 16.8 Å². The van der Waals surface area contributed by atoms with Crippen molar-refractivity contribution in [3.63, 3.8) is 0 Å². The van der Waals surface area contributed by atoms with Crippen molar-refractivity contribution in [1.82, 2.24) is 9.78 Å². The molecule has 3 rings (SSSR count). The minimum Gasteiger partial charge on any atom is -0.493 e. The van der Waals surface area contributed by atoms with Gasteiger partial charge in [-0.1, -0.05) is 0 Å². The lowest BCUT2D eigenvalue weighted by Crippen LogP contribution is -2.13. The Balaban J connectivity index is 2.06. The summed E-state index contributed by atoms with van der Waals surface area (Å²) >= 11 is 0. The van der Waals surface area contributed by atoms with Gasteiger partial charge in [-0.05, 0) is 43.4 Å². The Hall–Kier alpha value is -2.35. The van der Waals surface area contributed by atoms with E-state index in [0.29, 0.717) is 29.3 Å². The molecule has 1 aliphatic rings. The van der Waals surface area contributed by atoms with Gasteiger partial charge in [0.15, 0.2) is 15.6 Å². The Kier molecular flexibility index (Phi) is 4.32. The Morgan fingerprint density at radius 1 is 1.36 bits per heavy atom. The van der Waals surface area contributed by atoms with Crippen molar-refractivity contribution >= 4 is 21.3 Å². The summed E-state index contributed by atoms with van der Waals surface area (Å²) in [5.41, 5.74) is 1.44. The van der Waals surface area contributed by atoms with Crippen LogP contribution in [-0.4, -0.2) is 41.9 Å². The Morgan fingerprint density at radius 3 is 2.56 bits per heavy atom. The second-order valence-electron chi connectivity index (χ2n) is 6.54. The molecule has 0 aliphatic heterocycles. The topological polar surface area (TPSA) is 101 Å². The molecule has 1 aliphatic carbocycles. The van der Waals surface area contributed by atoms with E-state index < -0.39 is 15.6 Å². The first kappa shape index (κ1) is 17.5. The number of anilines is 1. The number of benzene rings is 1. The van der Waals surface area contributed by atoms with E-state index in [-0.39, 0.29) is 16.3 Å². The number of rotatable bonds is 6. The van der Waals surface area contributed by atoms with Crippen molar-refractivity contribution in [2.45, 2.75) is 24.7 Å². The lowest BCUT2D eigenvalue weighted by atomic mass is 9.99. The highest BCUT2D eigenvalue weighted by Gasteiger charge is 2.26. The monoisotopic (exact) mass is 363 g/mol. The first-order valence-electron chi connectivity index (χ1n) is 8.03. The predicted molar refractivity (Wildman–Crippen MR) is 93.8 cm³/mol. The third kappa shape index (κ3) is 3.39. The summed E-state index contributed by atoms with van der Waals surface area (Å²) in [4.78, 5) is 13.0. The van der Waals surface area contributed by atoms with Crippen LogP contribution in [0.1, 0.15) is 34.3 Å². The zero-order chi connectivity index (χ0) is 18.4. The maximum atomic E-state index is 12.8. The number of aromatic hydroxyl groups is 1. The Morgan fingerprint density at radius 2 is 2.04 bits per heavy atom.